The van der Waals surface area contributed by atoms with Gasteiger partial charge in [-0.2, -0.15) is 0 Å². The summed E-state index contributed by atoms with van der Waals surface area (Å²) in [5.74, 6) is 6.31. The molecule has 0 saturated heterocycles. The van der Waals surface area contributed by atoms with E-state index in [1.807, 2.05) is 37.3 Å². The molecule has 1 heteroatoms. The van der Waals surface area contributed by atoms with Crippen molar-refractivity contribution in [1.82, 2.24) is 0 Å². The van der Waals surface area contributed by atoms with Crippen molar-refractivity contribution in [3.8, 4) is 11.8 Å². The minimum atomic E-state index is 0.0890. The second-order valence-corrected chi connectivity index (χ2v) is 3.91. The van der Waals surface area contributed by atoms with Crippen LogP contribution in [0.4, 0.5) is 0 Å². The Morgan fingerprint density at radius 3 is 2.76 bits per heavy atom. The van der Waals surface area contributed by atoms with Crippen LogP contribution in [0, 0.1) is 11.8 Å². The highest BCUT2D eigenvalue weighted by molar-refractivity contribution is 5.97. The van der Waals surface area contributed by atoms with Gasteiger partial charge in [-0.25, -0.2) is 0 Å². The molecule has 0 unspecified atom stereocenters. The molecule has 0 aliphatic rings. The minimum absolute atomic E-state index is 0.0890. The summed E-state index contributed by atoms with van der Waals surface area (Å²) in [5, 5.41) is 0. The number of allylic oxidation sites excluding steroid dienone is 1. The monoisotopic (exact) mass is 226 g/mol. The van der Waals surface area contributed by atoms with Gasteiger partial charge in [0.25, 0.3) is 0 Å². The number of carbonyl (C=O) groups is 1. The molecule has 0 aliphatic heterocycles. The fourth-order valence-electron chi connectivity index (χ4n) is 1.57. The van der Waals surface area contributed by atoms with Gasteiger partial charge in [-0.3, -0.25) is 4.79 Å². The highest BCUT2D eigenvalue weighted by atomic mass is 16.1. The molecule has 1 aromatic rings. The fraction of sp³-hybridized carbons (Fsp3) is 0.312. The second-order valence-electron chi connectivity index (χ2n) is 3.91. The van der Waals surface area contributed by atoms with Crippen molar-refractivity contribution in [2.45, 2.75) is 33.6 Å². The molecule has 0 aromatic heterocycles. The molecular formula is C16H18O. The molecule has 88 valence electrons. The molecule has 1 aromatic carbocycles. The average Bonchev–Trinajstić information content (AvgIpc) is 2.30. The van der Waals surface area contributed by atoms with Gasteiger partial charge in [0.1, 0.15) is 0 Å². The Hall–Kier alpha value is -1.81. The Bertz CT molecular complexity index is 484. The van der Waals surface area contributed by atoms with Crippen molar-refractivity contribution in [3.63, 3.8) is 0 Å². The van der Waals surface area contributed by atoms with Gasteiger partial charge < -0.3 is 0 Å². The lowest BCUT2D eigenvalue weighted by molar-refractivity contribution is 0.101. The number of hydrogen-bond acceptors (Lipinski definition) is 1. The number of unbranched alkanes of at least 4 members (excludes halogenated alkanes) is 1. The molecule has 1 rings (SSSR count). The Labute approximate surface area is 104 Å². The largest absolute Gasteiger partial charge is 0.294 e. The Kier molecular flexibility index (Phi) is 5.23. The lowest BCUT2D eigenvalue weighted by Crippen LogP contribution is -1.96. The van der Waals surface area contributed by atoms with Crippen molar-refractivity contribution >= 4 is 11.9 Å². The normalized spacial score (nSPS) is 10.1. The third-order valence-electron chi connectivity index (χ3n) is 2.38. The van der Waals surface area contributed by atoms with Gasteiger partial charge in [-0.1, -0.05) is 30.9 Å². The first kappa shape index (κ1) is 13.3. The van der Waals surface area contributed by atoms with Crippen LogP contribution in [-0.2, 0) is 0 Å². The van der Waals surface area contributed by atoms with E-state index in [1.165, 1.54) is 0 Å². The van der Waals surface area contributed by atoms with E-state index in [4.69, 9.17) is 0 Å². The van der Waals surface area contributed by atoms with Crippen LogP contribution >= 0.6 is 0 Å². The predicted octanol–water partition coefficient (Wildman–Crippen LogP) is 4.07. The number of ketones is 1. The van der Waals surface area contributed by atoms with Crippen molar-refractivity contribution in [2.24, 2.45) is 0 Å². The quantitative estimate of drug-likeness (QED) is 0.561. The SMILES string of the molecule is C/C=C\c1cc(C#CCCC)ccc1C(C)=O. The predicted molar refractivity (Wildman–Crippen MR) is 72.9 cm³/mol. The van der Waals surface area contributed by atoms with E-state index in [0.29, 0.717) is 0 Å². The molecule has 0 atom stereocenters. The third-order valence-corrected chi connectivity index (χ3v) is 2.38. The molecule has 0 heterocycles. The van der Waals surface area contributed by atoms with Crippen molar-refractivity contribution in [3.05, 3.63) is 41.0 Å². The first-order valence-corrected chi connectivity index (χ1v) is 5.95. The maximum absolute atomic E-state index is 11.4. The molecule has 17 heavy (non-hydrogen) atoms. The van der Waals surface area contributed by atoms with Crippen LogP contribution in [-0.4, -0.2) is 5.78 Å². The number of hydrogen-bond donors (Lipinski definition) is 0. The van der Waals surface area contributed by atoms with Gasteiger partial charge >= 0.3 is 0 Å². The zero-order valence-corrected chi connectivity index (χ0v) is 10.7. The minimum Gasteiger partial charge on any atom is -0.294 e. The standard InChI is InChI=1S/C16H18O/c1-4-6-7-9-14-10-11-16(13(3)17)15(12-14)8-5-2/h5,8,10-12H,4,6H2,1-3H3/b8-5-. The zero-order chi connectivity index (χ0) is 12.7. The van der Waals surface area contributed by atoms with E-state index in [0.717, 1.165) is 29.5 Å². The van der Waals surface area contributed by atoms with E-state index in [1.54, 1.807) is 6.92 Å². The first-order valence-electron chi connectivity index (χ1n) is 5.95. The molecule has 0 bridgehead atoms. The van der Waals surface area contributed by atoms with Gasteiger partial charge in [-0.15, -0.1) is 0 Å². The number of carbonyl (C=O) groups excluding carboxylic acids is 1. The summed E-state index contributed by atoms with van der Waals surface area (Å²) < 4.78 is 0. The van der Waals surface area contributed by atoms with Gasteiger partial charge in [0.05, 0.1) is 0 Å². The average molecular weight is 226 g/mol. The third kappa shape index (κ3) is 3.92. The zero-order valence-electron chi connectivity index (χ0n) is 10.7. The summed E-state index contributed by atoms with van der Waals surface area (Å²) in [6.07, 6.45) is 5.86. The van der Waals surface area contributed by atoms with Crippen LogP contribution in [0.15, 0.2) is 24.3 Å². The van der Waals surface area contributed by atoms with Gasteiger partial charge in [0.15, 0.2) is 5.78 Å². The Balaban J connectivity index is 3.11. The van der Waals surface area contributed by atoms with Crippen molar-refractivity contribution < 1.29 is 4.79 Å². The van der Waals surface area contributed by atoms with Gasteiger partial charge in [0, 0.05) is 17.5 Å². The van der Waals surface area contributed by atoms with Crippen LogP contribution in [0.25, 0.3) is 6.08 Å². The van der Waals surface area contributed by atoms with E-state index < -0.39 is 0 Å². The van der Waals surface area contributed by atoms with Crippen molar-refractivity contribution in [1.29, 1.82) is 0 Å². The van der Waals surface area contributed by atoms with Crippen LogP contribution in [0.3, 0.4) is 0 Å². The summed E-state index contributed by atoms with van der Waals surface area (Å²) in [6.45, 7) is 5.64. The summed E-state index contributed by atoms with van der Waals surface area (Å²) in [5.41, 5.74) is 2.67. The van der Waals surface area contributed by atoms with E-state index in [-0.39, 0.29) is 5.78 Å². The molecule has 0 spiro atoms. The Morgan fingerprint density at radius 1 is 1.41 bits per heavy atom. The summed E-state index contributed by atoms with van der Waals surface area (Å²) in [7, 11) is 0. The summed E-state index contributed by atoms with van der Waals surface area (Å²) >= 11 is 0. The number of Topliss-reactive ketones (excluding diaryl/α,β-unsaturated/α-hetero) is 1. The lowest BCUT2D eigenvalue weighted by Gasteiger charge is -2.02. The summed E-state index contributed by atoms with van der Waals surface area (Å²) in [6, 6.07) is 5.74. The Morgan fingerprint density at radius 2 is 2.18 bits per heavy atom. The maximum atomic E-state index is 11.4. The maximum Gasteiger partial charge on any atom is 0.160 e. The second kappa shape index (κ2) is 6.70. The molecule has 0 aliphatic carbocycles. The molecule has 0 N–H and O–H groups in total. The number of benzene rings is 1. The molecule has 0 amide bonds. The van der Waals surface area contributed by atoms with Gasteiger partial charge in [-0.05, 0) is 44.0 Å². The molecule has 0 radical (unpaired) electrons. The molecule has 0 saturated carbocycles. The van der Waals surface area contributed by atoms with E-state index in [2.05, 4.69) is 18.8 Å². The van der Waals surface area contributed by atoms with E-state index >= 15 is 0 Å². The molecular weight excluding hydrogens is 208 g/mol. The molecule has 0 fully saturated rings. The molecule has 1 nitrogen and oxygen atoms in total. The van der Waals surface area contributed by atoms with Gasteiger partial charge in [0.2, 0.25) is 0 Å². The van der Waals surface area contributed by atoms with Crippen LogP contribution in [0.5, 0.6) is 0 Å². The smallest absolute Gasteiger partial charge is 0.160 e. The fourth-order valence-corrected chi connectivity index (χ4v) is 1.57. The van der Waals surface area contributed by atoms with Crippen LogP contribution in [0.2, 0.25) is 0 Å². The lowest BCUT2D eigenvalue weighted by atomic mass is 10.0. The topological polar surface area (TPSA) is 17.1 Å². The van der Waals surface area contributed by atoms with Crippen LogP contribution < -0.4 is 0 Å². The highest BCUT2D eigenvalue weighted by Crippen LogP contribution is 2.14. The van der Waals surface area contributed by atoms with Crippen molar-refractivity contribution in [2.75, 3.05) is 0 Å². The van der Waals surface area contributed by atoms with E-state index in [9.17, 15) is 4.79 Å². The van der Waals surface area contributed by atoms with Crippen LogP contribution in [0.1, 0.15) is 55.1 Å². The highest BCUT2D eigenvalue weighted by Gasteiger charge is 2.04. The summed E-state index contributed by atoms with van der Waals surface area (Å²) in [4.78, 5) is 11.4. The number of rotatable bonds is 3. The first-order chi connectivity index (χ1) is 8.19.